The molecular formula is C16H14FN3O2S. The third kappa shape index (κ3) is 3.24. The number of nitrogens with zero attached hydrogens (tertiary/aromatic N) is 2. The molecule has 1 heterocycles. The summed E-state index contributed by atoms with van der Waals surface area (Å²) in [4.78, 5) is -0.143. The van der Waals surface area contributed by atoms with Crippen LogP contribution in [0.5, 0.6) is 0 Å². The Kier molecular flexibility index (Phi) is 3.87. The number of aromatic nitrogens is 2. The zero-order valence-electron chi connectivity index (χ0n) is 12.3. The van der Waals surface area contributed by atoms with E-state index >= 15 is 0 Å². The minimum absolute atomic E-state index is 0.143. The van der Waals surface area contributed by atoms with E-state index in [1.54, 1.807) is 13.0 Å². The maximum absolute atomic E-state index is 13.3. The van der Waals surface area contributed by atoms with Crippen LogP contribution in [0, 0.1) is 12.7 Å². The average Bonchev–Trinajstić information content (AvgIpc) is 2.88. The molecule has 0 spiro atoms. The standard InChI is InChI=1S/C16H14FN3O2S/c1-12-10-16(20(18-12)14-7-3-2-4-8-14)19-23(21,22)15-9-5-6-13(17)11-15/h2-11,19H,1H3. The summed E-state index contributed by atoms with van der Waals surface area (Å²) in [7, 11) is -3.90. The van der Waals surface area contributed by atoms with Gasteiger partial charge in [-0.15, -0.1) is 0 Å². The molecule has 0 aliphatic rings. The molecule has 0 aliphatic carbocycles. The molecule has 0 saturated carbocycles. The van der Waals surface area contributed by atoms with Crippen molar-refractivity contribution in [3.05, 3.63) is 72.2 Å². The van der Waals surface area contributed by atoms with Crippen LogP contribution in [-0.2, 0) is 10.0 Å². The van der Waals surface area contributed by atoms with Gasteiger partial charge in [-0.1, -0.05) is 24.3 Å². The summed E-state index contributed by atoms with van der Waals surface area (Å²) in [5.74, 6) is -0.321. The van der Waals surface area contributed by atoms with Crippen molar-refractivity contribution in [2.24, 2.45) is 0 Å². The second-order valence-corrected chi connectivity index (χ2v) is 6.66. The summed E-state index contributed by atoms with van der Waals surface area (Å²) in [6.07, 6.45) is 0. The topological polar surface area (TPSA) is 64.0 Å². The van der Waals surface area contributed by atoms with Crippen molar-refractivity contribution >= 4 is 15.8 Å². The molecule has 7 heteroatoms. The van der Waals surface area contributed by atoms with E-state index in [1.165, 1.54) is 22.9 Å². The van der Waals surface area contributed by atoms with E-state index in [2.05, 4.69) is 9.82 Å². The smallest absolute Gasteiger partial charge is 0.263 e. The van der Waals surface area contributed by atoms with Crippen LogP contribution in [0.2, 0.25) is 0 Å². The van der Waals surface area contributed by atoms with E-state index in [0.717, 1.165) is 11.8 Å². The summed E-state index contributed by atoms with van der Waals surface area (Å²) < 4.78 is 42.1. The van der Waals surface area contributed by atoms with Gasteiger partial charge in [0.2, 0.25) is 0 Å². The Morgan fingerprint density at radius 1 is 1.04 bits per heavy atom. The highest BCUT2D eigenvalue weighted by atomic mass is 32.2. The van der Waals surface area contributed by atoms with Crippen LogP contribution in [0.1, 0.15) is 5.69 Å². The van der Waals surface area contributed by atoms with Crippen LogP contribution in [0.4, 0.5) is 10.2 Å². The van der Waals surface area contributed by atoms with Gasteiger partial charge in [-0.25, -0.2) is 17.5 Å². The van der Waals surface area contributed by atoms with E-state index in [9.17, 15) is 12.8 Å². The summed E-state index contributed by atoms with van der Waals surface area (Å²) in [5.41, 5.74) is 1.38. The third-order valence-electron chi connectivity index (χ3n) is 3.18. The Balaban J connectivity index is 2.01. The Hall–Kier alpha value is -2.67. The van der Waals surface area contributed by atoms with E-state index in [-0.39, 0.29) is 10.7 Å². The first-order valence-corrected chi connectivity index (χ1v) is 8.34. The van der Waals surface area contributed by atoms with Gasteiger partial charge in [0.05, 0.1) is 16.3 Å². The first-order valence-electron chi connectivity index (χ1n) is 6.86. The highest BCUT2D eigenvalue weighted by Crippen LogP contribution is 2.21. The fourth-order valence-corrected chi connectivity index (χ4v) is 3.23. The summed E-state index contributed by atoms with van der Waals surface area (Å²) in [5, 5.41) is 4.29. The average molecular weight is 331 g/mol. The number of hydrogen-bond donors (Lipinski definition) is 1. The number of nitrogens with one attached hydrogen (secondary N) is 1. The lowest BCUT2D eigenvalue weighted by Gasteiger charge is -2.10. The van der Waals surface area contributed by atoms with Gasteiger partial charge in [0, 0.05) is 6.07 Å². The van der Waals surface area contributed by atoms with Gasteiger partial charge < -0.3 is 0 Å². The van der Waals surface area contributed by atoms with Crippen molar-refractivity contribution in [2.75, 3.05) is 4.72 Å². The van der Waals surface area contributed by atoms with Crippen LogP contribution in [-0.4, -0.2) is 18.2 Å². The molecule has 2 aromatic carbocycles. The highest BCUT2D eigenvalue weighted by Gasteiger charge is 2.18. The van der Waals surface area contributed by atoms with Crippen molar-refractivity contribution in [1.82, 2.24) is 9.78 Å². The van der Waals surface area contributed by atoms with Crippen molar-refractivity contribution in [3.63, 3.8) is 0 Å². The predicted molar refractivity (Wildman–Crippen MR) is 85.5 cm³/mol. The zero-order chi connectivity index (χ0) is 16.4. The van der Waals surface area contributed by atoms with Gasteiger partial charge in [-0.2, -0.15) is 5.10 Å². The van der Waals surface area contributed by atoms with Gasteiger partial charge in [-0.3, -0.25) is 4.72 Å². The van der Waals surface area contributed by atoms with Gasteiger partial charge in [0.15, 0.2) is 0 Å². The van der Waals surface area contributed by atoms with E-state index in [1.807, 2.05) is 30.3 Å². The molecule has 0 unspecified atom stereocenters. The van der Waals surface area contributed by atoms with Crippen molar-refractivity contribution in [1.29, 1.82) is 0 Å². The molecule has 118 valence electrons. The van der Waals surface area contributed by atoms with Crippen LogP contribution in [0.3, 0.4) is 0 Å². The van der Waals surface area contributed by atoms with Gasteiger partial charge in [0.1, 0.15) is 11.6 Å². The molecule has 1 N–H and O–H groups in total. The minimum Gasteiger partial charge on any atom is -0.263 e. The third-order valence-corrected chi connectivity index (χ3v) is 4.53. The predicted octanol–water partition coefficient (Wildman–Crippen LogP) is 3.12. The molecule has 0 bridgehead atoms. The molecule has 1 aromatic heterocycles. The maximum atomic E-state index is 13.3. The van der Waals surface area contributed by atoms with E-state index in [4.69, 9.17) is 0 Å². The quantitative estimate of drug-likeness (QED) is 0.799. The first-order chi connectivity index (χ1) is 11.0. The lowest BCUT2D eigenvalue weighted by Crippen LogP contribution is -2.16. The lowest BCUT2D eigenvalue weighted by molar-refractivity contribution is 0.595. The number of halogens is 1. The van der Waals surface area contributed by atoms with Crippen LogP contribution in [0.15, 0.2) is 65.6 Å². The molecule has 23 heavy (non-hydrogen) atoms. The second kappa shape index (κ2) is 5.85. The molecule has 0 atom stereocenters. The number of hydrogen-bond acceptors (Lipinski definition) is 3. The number of benzene rings is 2. The fraction of sp³-hybridized carbons (Fsp3) is 0.0625. The number of para-hydroxylation sites is 1. The monoisotopic (exact) mass is 331 g/mol. The molecule has 3 rings (SSSR count). The molecule has 0 aliphatic heterocycles. The minimum atomic E-state index is -3.90. The van der Waals surface area contributed by atoms with Crippen molar-refractivity contribution in [2.45, 2.75) is 11.8 Å². The highest BCUT2D eigenvalue weighted by molar-refractivity contribution is 7.92. The van der Waals surface area contributed by atoms with E-state index in [0.29, 0.717) is 5.69 Å². The molecule has 0 fully saturated rings. The number of sulfonamides is 1. The van der Waals surface area contributed by atoms with Crippen LogP contribution < -0.4 is 4.72 Å². The molecule has 0 radical (unpaired) electrons. The van der Waals surface area contributed by atoms with Gasteiger partial charge >= 0.3 is 0 Å². The Bertz CT molecular complexity index is 937. The molecule has 0 amide bonds. The van der Waals surface area contributed by atoms with Crippen LogP contribution >= 0.6 is 0 Å². The first kappa shape index (κ1) is 15.2. The van der Waals surface area contributed by atoms with E-state index < -0.39 is 15.8 Å². The van der Waals surface area contributed by atoms with Crippen molar-refractivity contribution < 1.29 is 12.8 Å². The van der Waals surface area contributed by atoms with Gasteiger partial charge in [-0.05, 0) is 37.3 Å². The SMILES string of the molecule is Cc1cc(NS(=O)(=O)c2cccc(F)c2)n(-c2ccccc2)n1. The molecule has 5 nitrogen and oxygen atoms in total. The van der Waals surface area contributed by atoms with Crippen molar-refractivity contribution in [3.8, 4) is 5.69 Å². The molecule has 0 saturated heterocycles. The zero-order valence-corrected chi connectivity index (χ0v) is 13.1. The molecule has 3 aromatic rings. The maximum Gasteiger partial charge on any atom is 0.263 e. The Morgan fingerprint density at radius 2 is 1.78 bits per heavy atom. The largest absolute Gasteiger partial charge is 0.263 e. The van der Waals surface area contributed by atoms with Gasteiger partial charge in [0.25, 0.3) is 10.0 Å². The summed E-state index contributed by atoms with van der Waals surface area (Å²) in [6.45, 7) is 1.76. The normalized spacial score (nSPS) is 11.4. The Morgan fingerprint density at radius 3 is 2.48 bits per heavy atom. The Labute approximate surface area is 133 Å². The molecular weight excluding hydrogens is 317 g/mol. The summed E-state index contributed by atoms with van der Waals surface area (Å²) >= 11 is 0. The van der Waals surface area contributed by atoms with Crippen LogP contribution in [0.25, 0.3) is 5.69 Å². The second-order valence-electron chi connectivity index (χ2n) is 4.98. The lowest BCUT2D eigenvalue weighted by atomic mass is 10.3. The fourth-order valence-electron chi connectivity index (χ4n) is 2.17. The summed E-state index contributed by atoms with van der Waals surface area (Å²) in [6, 6.07) is 15.6. The number of anilines is 1. The number of rotatable bonds is 4. The number of aryl methyl sites for hydroxylation is 1.